The molecule has 0 spiro atoms. The molecule has 114 valence electrons. The Balaban J connectivity index is 2.26. The van der Waals surface area contributed by atoms with Crippen molar-refractivity contribution in [2.24, 2.45) is 0 Å². The largest absolute Gasteiger partial charge is 0.313 e. The molecular formula is C16H35N3. The van der Waals surface area contributed by atoms with E-state index in [4.69, 9.17) is 0 Å². The van der Waals surface area contributed by atoms with Gasteiger partial charge in [-0.1, -0.05) is 20.3 Å². The standard InChI is InChI=1S/C16H35N3/c1-6-8-14(3)17-13-15(4)18(5)16-9-11-19(7-2)12-10-16/h14-17H,6-13H2,1-5H3. The molecule has 3 heteroatoms. The first-order valence-corrected chi connectivity index (χ1v) is 8.26. The third-order valence-electron chi connectivity index (χ3n) is 4.76. The van der Waals surface area contributed by atoms with Gasteiger partial charge in [-0.3, -0.25) is 4.90 Å². The normalized spacial score (nSPS) is 21.8. The highest BCUT2D eigenvalue weighted by molar-refractivity contribution is 4.81. The first-order chi connectivity index (χ1) is 9.08. The molecule has 1 aliphatic rings. The first-order valence-electron chi connectivity index (χ1n) is 8.26. The van der Waals surface area contributed by atoms with Gasteiger partial charge in [0.1, 0.15) is 0 Å². The Bertz CT molecular complexity index is 224. The lowest BCUT2D eigenvalue weighted by Gasteiger charge is -2.39. The molecule has 1 saturated heterocycles. The second kappa shape index (κ2) is 8.93. The summed E-state index contributed by atoms with van der Waals surface area (Å²) in [5.41, 5.74) is 0. The van der Waals surface area contributed by atoms with Crippen molar-refractivity contribution in [1.82, 2.24) is 15.1 Å². The van der Waals surface area contributed by atoms with Gasteiger partial charge < -0.3 is 10.2 Å². The van der Waals surface area contributed by atoms with E-state index >= 15 is 0 Å². The molecule has 0 saturated carbocycles. The summed E-state index contributed by atoms with van der Waals surface area (Å²) in [6.45, 7) is 14.1. The number of nitrogens with zero attached hydrogens (tertiary/aromatic N) is 2. The topological polar surface area (TPSA) is 18.5 Å². The van der Waals surface area contributed by atoms with Crippen LogP contribution < -0.4 is 5.32 Å². The summed E-state index contributed by atoms with van der Waals surface area (Å²) < 4.78 is 0. The Labute approximate surface area is 120 Å². The van der Waals surface area contributed by atoms with Crippen molar-refractivity contribution in [3.63, 3.8) is 0 Å². The molecule has 0 aliphatic carbocycles. The lowest BCUT2D eigenvalue weighted by atomic mass is 10.0. The minimum absolute atomic E-state index is 0.637. The first kappa shape index (κ1) is 16.9. The van der Waals surface area contributed by atoms with Crippen LogP contribution in [0.2, 0.25) is 0 Å². The predicted octanol–water partition coefficient (Wildman–Crippen LogP) is 2.57. The smallest absolute Gasteiger partial charge is 0.0192 e. The van der Waals surface area contributed by atoms with Gasteiger partial charge in [0.05, 0.1) is 0 Å². The van der Waals surface area contributed by atoms with Crippen LogP contribution >= 0.6 is 0 Å². The fraction of sp³-hybridized carbons (Fsp3) is 1.00. The second-order valence-corrected chi connectivity index (χ2v) is 6.28. The number of hydrogen-bond donors (Lipinski definition) is 1. The van der Waals surface area contributed by atoms with Gasteiger partial charge in [0.15, 0.2) is 0 Å². The lowest BCUT2D eigenvalue weighted by molar-refractivity contribution is 0.103. The Morgan fingerprint density at radius 3 is 2.37 bits per heavy atom. The molecule has 1 fully saturated rings. The molecule has 0 aromatic heterocycles. The number of likely N-dealkylation sites (N-methyl/N-ethyl adjacent to an activating group) is 1. The molecule has 2 atom stereocenters. The molecule has 0 amide bonds. The van der Waals surface area contributed by atoms with Crippen LogP contribution in [-0.2, 0) is 0 Å². The van der Waals surface area contributed by atoms with Crippen LogP contribution in [0.25, 0.3) is 0 Å². The number of hydrogen-bond acceptors (Lipinski definition) is 3. The van der Waals surface area contributed by atoms with E-state index in [0.717, 1.165) is 12.6 Å². The number of rotatable bonds is 8. The van der Waals surface area contributed by atoms with Gasteiger partial charge in [0, 0.05) is 24.7 Å². The van der Waals surface area contributed by atoms with Crippen molar-refractivity contribution in [1.29, 1.82) is 0 Å². The Morgan fingerprint density at radius 2 is 1.84 bits per heavy atom. The van der Waals surface area contributed by atoms with E-state index in [9.17, 15) is 0 Å². The third kappa shape index (κ3) is 5.80. The maximum Gasteiger partial charge on any atom is 0.0192 e. The summed E-state index contributed by atoms with van der Waals surface area (Å²) in [6, 6.07) is 2.07. The molecule has 1 aliphatic heterocycles. The summed E-state index contributed by atoms with van der Waals surface area (Å²) in [7, 11) is 2.31. The van der Waals surface area contributed by atoms with Crippen molar-refractivity contribution in [2.45, 2.75) is 71.5 Å². The van der Waals surface area contributed by atoms with Gasteiger partial charge in [-0.2, -0.15) is 0 Å². The predicted molar refractivity (Wildman–Crippen MR) is 84.7 cm³/mol. The van der Waals surface area contributed by atoms with Crippen LogP contribution in [0, 0.1) is 0 Å². The Morgan fingerprint density at radius 1 is 1.21 bits per heavy atom. The van der Waals surface area contributed by atoms with Crippen LogP contribution in [-0.4, -0.2) is 61.2 Å². The highest BCUT2D eigenvalue weighted by Crippen LogP contribution is 2.17. The van der Waals surface area contributed by atoms with Crippen LogP contribution in [0.1, 0.15) is 53.4 Å². The van der Waals surface area contributed by atoms with Gasteiger partial charge >= 0.3 is 0 Å². The average molecular weight is 269 g/mol. The molecule has 1 heterocycles. The maximum atomic E-state index is 3.67. The lowest BCUT2D eigenvalue weighted by Crippen LogP contribution is -2.49. The van der Waals surface area contributed by atoms with E-state index in [1.165, 1.54) is 45.3 Å². The Hall–Kier alpha value is -0.120. The third-order valence-corrected chi connectivity index (χ3v) is 4.76. The molecule has 0 aromatic carbocycles. The van der Waals surface area contributed by atoms with Crippen LogP contribution in [0.4, 0.5) is 0 Å². The molecule has 0 aromatic rings. The van der Waals surface area contributed by atoms with Crippen LogP contribution in [0.3, 0.4) is 0 Å². The molecule has 0 bridgehead atoms. The zero-order valence-electron chi connectivity index (χ0n) is 13.8. The summed E-state index contributed by atoms with van der Waals surface area (Å²) in [5.74, 6) is 0. The molecule has 0 radical (unpaired) electrons. The zero-order valence-corrected chi connectivity index (χ0v) is 13.8. The average Bonchev–Trinajstić information content (AvgIpc) is 2.44. The molecule has 2 unspecified atom stereocenters. The summed E-state index contributed by atoms with van der Waals surface area (Å²) in [6.07, 6.45) is 5.22. The summed E-state index contributed by atoms with van der Waals surface area (Å²) in [4.78, 5) is 5.16. The van der Waals surface area contributed by atoms with E-state index in [1.54, 1.807) is 0 Å². The van der Waals surface area contributed by atoms with Gasteiger partial charge in [0.25, 0.3) is 0 Å². The van der Waals surface area contributed by atoms with E-state index in [0.29, 0.717) is 12.1 Å². The highest BCUT2D eigenvalue weighted by atomic mass is 15.2. The maximum absolute atomic E-state index is 3.67. The number of piperidine rings is 1. The van der Waals surface area contributed by atoms with E-state index < -0.39 is 0 Å². The molecule has 1 N–H and O–H groups in total. The fourth-order valence-corrected chi connectivity index (χ4v) is 3.05. The van der Waals surface area contributed by atoms with Gasteiger partial charge in [0.2, 0.25) is 0 Å². The number of nitrogens with one attached hydrogen (secondary N) is 1. The molecule has 19 heavy (non-hydrogen) atoms. The summed E-state index contributed by atoms with van der Waals surface area (Å²) >= 11 is 0. The van der Waals surface area contributed by atoms with Gasteiger partial charge in [-0.25, -0.2) is 0 Å². The molecular weight excluding hydrogens is 234 g/mol. The van der Waals surface area contributed by atoms with E-state index in [1.807, 2.05) is 0 Å². The van der Waals surface area contributed by atoms with Gasteiger partial charge in [-0.15, -0.1) is 0 Å². The highest BCUT2D eigenvalue weighted by Gasteiger charge is 2.24. The van der Waals surface area contributed by atoms with Crippen LogP contribution in [0.5, 0.6) is 0 Å². The summed E-state index contributed by atoms with van der Waals surface area (Å²) in [5, 5.41) is 3.67. The van der Waals surface area contributed by atoms with E-state index in [-0.39, 0.29) is 0 Å². The van der Waals surface area contributed by atoms with E-state index in [2.05, 4.69) is 49.9 Å². The van der Waals surface area contributed by atoms with Crippen molar-refractivity contribution in [3.8, 4) is 0 Å². The SMILES string of the molecule is CCCC(C)NCC(C)N(C)C1CCN(CC)CC1. The molecule has 1 rings (SSSR count). The van der Waals surface area contributed by atoms with Crippen molar-refractivity contribution in [3.05, 3.63) is 0 Å². The van der Waals surface area contributed by atoms with Crippen LogP contribution in [0.15, 0.2) is 0 Å². The van der Waals surface area contributed by atoms with Gasteiger partial charge in [-0.05, 0) is 59.8 Å². The monoisotopic (exact) mass is 269 g/mol. The quantitative estimate of drug-likeness (QED) is 0.730. The molecule has 3 nitrogen and oxygen atoms in total. The minimum atomic E-state index is 0.637. The Kier molecular flexibility index (Phi) is 7.96. The minimum Gasteiger partial charge on any atom is -0.313 e. The fourth-order valence-electron chi connectivity index (χ4n) is 3.05. The number of likely N-dealkylation sites (tertiary alicyclic amines) is 1. The van der Waals surface area contributed by atoms with Crippen molar-refractivity contribution >= 4 is 0 Å². The van der Waals surface area contributed by atoms with Crippen molar-refractivity contribution in [2.75, 3.05) is 33.2 Å². The van der Waals surface area contributed by atoms with Crippen molar-refractivity contribution < 1.29 is 0 Å². The second-order valence-electron chi connectivity index (χ2n) is 6.28. The zero-order chi connectivity index (χ0) is 14.3.